The number of methoxy groups -OCH3 is 2. The zero-order valence-corrected chi connectivity index (χ0v) is 11.4. The molecular weight excluding hydrogens is 250 g/mol. The maximum Gasteiger partial charge on any atom is 0.397 e. The molecule has 0 saturated heterocycles. The number of hydrogen-bond acceptors (Lipinski definition) is 5. The normalized spacial score (nSPS) is 9.68. The highest BCUT2D eigenvalue weighted by Crippen LogP contribution is 2.34. The Morgan fingerprint density at radius 3 is 2.42 bits per heavy atom. The summed E-state index contributed by atoms with van der Waals surface area (Å²) in [7, 11) is 3.01. The molecule has 0 aliphatic rings. The van der Waals surface area contributed by atoms with E-state index in [9.17, 15) is 9.59 Å². The third-order valence-corrected chi connectivity index (χ3v) is 2.49. The van der Waals surface area contributed by atoms with Crippen LogP contribution in [-0.2, 0) is 14.3 Å². The second-order valence-corrected chi connectivity index (χ2v) is 3.65. The molecule has 0 aromatic heterocycles. The van der Waals surface area contributed by atoms with Gasteiger partial charge in [0.2, 0.25) is 0 Å². The highest BCUT2D eigenvalue weighted by atomic mass is 16.5. The first-order chi connectivity index (χ1) is 9.04. The second kappa shape index (κ2) is 6.63. The molecule has 0 aliphatic heterocycles. The lowest BCUT2D eigenvalue weighted by Crippen LogP contribution is -2.25. The van der Waals surface area contributed by atoms with Crippen molar-refractivity contribution in [2.24, 2.45) is 0 Å². The summed E-state index contributed by atoms with van der Waals surface area (Å²) < 4.78 is 15.0. The molecule has 1 N–H and O–H groups in total. The van der Waals surface area contributed by atoms with Crippen molar-refractivity contribution in [1.82, 2.24) is 0 Å². The highest BCUT2D eigenvalue weighted by molar-refractivity contribution is 6.37. The maximum absolute atomic E-state index is 11.6. The molecule has 6 heteroatoms. The molecule has 0 atom stereocenters. The zero-order chi connectivity index (χ0) is 14.4. The molecule has 0 unspecified atom stereocenters. The predicted molar refractivity (Wildman–Crippen MR) is 69.5 cm³/mol. The van der Waals surface area contributed by atoms with Gasteiger partial charge in [0.1, 0.15) is 11.5 Å². The van der Waals surface area contributed by atoms with E-state index in [1.807, 2.05) is 0 Å². The summed E-state index contributed by atoms with van der Waals surface area (Å²) in [5, 5.41) is 2.44. The molecule has 104 valence electrons. The van der Waals surface area contributed by atoms with E-state index in [0.717, 1.165) is 5.56 Å². The largest absolute Gasteiger partial charge is 0.496 e. The third-order valence-electron chi connectivity index (χ3n) is 2.49. The van der Waals surface area contributed by atoms with Gasteiger partial charge in [-0.3, -0.25) is 4.79 Å². The van der Waals surface area contributed by atoms with Gasteiger partial charge in [0, 0.05) is 5.56 Å². The van der Waals surface area contributed by atoms with Crippen molar-refractivity contribution in [2.45, 2.75) is 13.8 Å². The van der Waals surface area contributed by atoms with Gasteiger partial charge in [-0.05, 0) is 26.0 Å². The number of benzene rings is 1. The minimum atomic E-state index is -0.932. The van der Waals surface area contributed by atoms with Crippen LogP contribution in [0.25, 0.3) is 0 Å². The SMILES string of the molecule is CCOC(=O)C(=O)Nc1ccc(OC)c(C)c1OC. The Morgan fingerprint density at radius 2 is 1.89 bits per heavy atom. The average Bonchev–Trinajstić information content (AvgIpc) is 2.39. The van der Waals surface area contributed by atoms with Gasteiger partial charge in [-0.2, -0.15) is 0 Å². The number of nitrogens with one attached hydrogen (secondary N) is 1. The Bertz CT molecular complexity index is 484. The fourth-order valence-electron chi connectivity index (χ4n) is 1.63. The van der Waals surface area contributed by atoms with Crippen LogP contribution in [0, 0.1) is 6.92 Å². The predicted octanol–water partition coefficient (Wildman–Crippen LogP) is 1.51. The van der Waals surface area contributed by atoms with Crippen LogP contribution >= 0.6 is 0 Å². The lowest BCUT2D eigenvalue weighted by Gasteiger charge is -2.14. The van der Waals surface area contributed by atoms with Gasteiger partial charge in [0.15, 0.2) is 0 Å². The number of esters is 1. The van der Waals surface area contributed by atoms with Crippen LogP contribution < -0.4 is 14.8 Å². The third kappa shape index (κ3) is 3.37. The Balaban J connectivity index is 2.99. The molecule has 0 saturated carbocycles. The summed E-state index contributed by atoms with van der Waals surface area (Å²) in [5.41, 5.74) is 1.12. The molecule has 1 rings (SSSR count). The molecular formula is C13H17NO5. The van der Waals surface area contributed by atoms with Crippen LogP contribution in [0.15, 0.2) is 12.1 Å². The van der Waals surface area contributed by atoms with E-state index in [0.29, 0.717) is 17.2 Å². The monoisotopic (exact) mass is 267 g/mol. The summed E-state index contributed by atoms with van der Waals surface area (Å²) >= 11 is 0. The van der Waals surface area contributed by atoms with Crippen LogP contribution in [-0.4, -0.2) is 32.7 Å². The molecule has 19 heavy (non-hydrogen) atoms. The lowest BCUT2D eigenvalue weighted by atomic mass is 10.1. The van der Waals surface area contributed by atoms with E-state index >= 15 is 0 Å². The molecule has 0 aliphatic carbocycles. The van der Waals surface area contributed by atoms with E-state index in [2.05, 4.69) is 10.1 Å². The minimum Gasteiger partial charge on any atom is -0.496 e. The fourth-order valence-corrected chi connectivity index (χ4v) is 1.63. The smallest absolute Gasteiger partial charge is 0.397 e. The van der Waals surface area contributed by atoms with E-state index in [1.54, 1.807) is 33.1 Å². The Kier molecular flexibility index (Phi) is 5.17. The number of amides is 1. The molecule has 6 nitrogen and oxygen atoms in total. The summed E-state index contributed by atoms with van der Waals surface area (Å²) in [6.45, 7) is 3.56. The van der Waals surface area contributed by atoms with Crippen LogP contribution in [0.3, 0.4) is 0 Å². The van der Waals surface area contributed by atoms with Crippen molar-refractivity contribution in [3.05, 3.63) is 17.7 Å². The summed E-state index contributed by atoms with van der Waals surface area (Å²) in [6.07, 6.45) is 0. The quantitative estimate of drug-likeness (QED) is 0.661. The molecule has 0 heterocycles. The van der Waals surface area contributed by atoms with Gasteiger partial charge in [-0.15, -0.1) is 0 Å². The van der Waals surface area contributed by atoms with Gasteiger partial charge in [0.25, 0.3) is 0 Å². The number of anilines is 1. The van der Waals surface area contributed by atoms with Crippen molar-refractivity contribution >= 4 is 17.6 Å². The van der Waals surface area contributed by atoms with E-state index < -0.39 is 11.9 Å². The summed E-state index contributed by atoms with van der Waals surface area (Å²) in [6, 6.07) is 3.28. The average molecular weight is 267 g/mol. The van der Waals surface area contributed by atoms with Crippen molar-refractivity contribution in [3.8, 4) is 11.5 Å². The van der Waals surface area contributed by atoms with Crippen LogP contribution in [0.5, 0.6) is 11.5 Å². The highest BCUT2D eigenvalue weighted by Gasteiger charge is 2.18. The lowest BCUT2D eigenvalue weighted by molar-refractivity contribution is -0.152. The van der Waals surface area contributed by atoms with Gasteiger partial charge < -0.3 is 19.5 Å². The van der Waals surface area contributed by atoms with Crippen molar-refractivity contribution in [3.63, 3.8) is 0 Å². The number of rotatable bonds is 4. The maximum atomic E-state index is 11.6. The zero-order valence-electron chi connectivity index (χ0n) is 11.4. The Hall–Kier alpha value is -2.24. The van der Waals surface area contributed by atoms with Crippen LogP contribution in [0.2, 0.25) is 0 Å². The van der Waals surface area contributed by atoms with Crippen molar-refractivity contribution in [2.75, 3.05) is 26.1 Å². The van der Waals surface area contributed by atoms with Crippen molar-refractivity contribution in [1.29, 1.82) is 0 Å². The summed E-state index contributed by atoms with van der Waals surface area (Å²) in [4.78, 5) is 22.8. The molecule has 0 fully saturated rings. The molecule has 0 spiro atoms. The molecule has 0 radical (unpaired) electrons. The first-order valence-electron chi connectivity index (χ1n) is 5.74. The Morgan fingerprint density at radius 1 is 1.21 bits per heavy atom. The topological polar surface area (TPSA) is 73.9 Å². The molecule has 1 amide bonds. The number of hydrogen-bond donors (Lipinski definition) is 1. The molecule has 1 aromatic carbocycles. The standard InChI is InChI=1S/C13H17NO5/c1-5-19-13(16)12(15)14-9-6-7-10(17-3)8(2)11(9)18-4/h6-7H,5H2,1-4H3,(H,14,15). The molecule has 1 aromatic rings. The first kappa shape index (κ1) is 14.8. The second-order valence-electron chi connectivity index (χ2n) is 3.65. The van der Waals surface area contributed by atoms with Gasteiger partial charge in [0.05, 0.1) is 26.5 Å². The summed E-state index contributed by atoms with van der Waals surface area (Å²) in [5.74, 6) is -0.703. The van der Waals surface area contributed by atoms with E-state index in [1.165, 1.54) is 7.11 Å². The van der Waals surface area contributed by atoms with Gasteiger partial charge >= 0.3 is 11.9 Å². The van der Waals surface area contributed by atoms with Crippen molar-refractivity contribution < 1.29 is 23.8 Å². The minimum absolute atomic E-state index is 0.144. The number of ether oxygens (including phenoxy) is 3. The molecule has 0 bridgehead atoms. The van der Waals surface area contributed by atoms with E-state index in [-0.39, 0.29) is 6.61 Å². The number of carbonyl (C=O) groups is 2. The fraction of sp³-hybridized carbons (Fsp3) is 0.385. The van der Waals surface area contributed by atoms with Gasteiger partial charge in [-0.1, -0.05) is 0 Å². The Labute approximate surface area is 111 Å². The number of carbonyl (C=O) groups excluding carboxylic acids is 2. The van der Waals surface area contributed by atoms with E-state index in [4.69, 9.17) is 9.47 Å². The van der Waals surface area contributed by atoms with Crippen LogP contribution in [0.1, 0.15) is 12.5 Å². The van der Waals surface area contributed by atoms with Crippen LogP contribution in [0.4, 0.5) is 5.69 Å². The van der Waals surface area contributed by atoms with Gasteiger partial charge in [-0.25, -0.2) is 4.79 Å². The first-order valence-corrected chi connectivity index (χ1v) is 5.74.